The summed E-state index contributed by atoms with van der Waals surface area (Å²) >= 11 is 0. The van der Waals surface area contributed by atoms with Crippen molar-refractivity contribution >= 4 is 11.5 Å². The minimum Gasteiger partial charge on any atom is -0.495 e. The second-order valence-corrected chi connectivity index (χ2v) is 5.14. The Kier molecular flexibility index (Phi) is 3.90. The highest BCUT2D eigenvalue weighted by Crippen LogP contribution is 2.29. The van der Waals surface area contributed by atoms with Gasteiger partial charge in [-0.15, -0.1) is 10.2 Å². The van der Waals surface area contributed by atoms with Crippen molar-refractivity contribution in [1.29, 1.82) is 0 Å². The standard InChI is InChI=1S/C16H20N4O/c1-17-14-11-12(5-7-15(14)21-2)13-6-8-16(19-18-13)20-9-3-4-10-20/h5-8,11,17H,3-4,9-10H2,1-2H3. The molecule has 1 aromatic heterocycles. The lowest BCUT2D eigenvalue weighted by Crippen LogP contribution is -2.19. The van der Waals surface area contributed by atoms with Gasteiger partial charge in [-0.05, 0) is 43.2 Å². The molecule has 0 unspecified atom stereocenters. The maximum absolute atomic E-state index is 5.31. The van der Waals surface area contributed by atoms with E-state index in [1.165, 1.54) is 12.8 Å². The zero-order valence-corrected chi connectivity index (χ0v) is 12.5. The molecule has 110 valence electrons. The molecule has 5 nitrogen and oxygen atoms in total. The summed E-state index contributed by atoms with van der Waals surface area (Å²) in [6.07, 6.45) is 2.49. The number of rotatable bonds is 4. The maximum Gasteiger partial charge on any atom is 0.151 e. The van der Waals surface area contributed by atoms with Gasteiger partial charge in [0.2, 0.25) is 0 Å². The van der Waals surface area contributed by atoms with Crippen molar-refractivity contribution in [3.05, 3.63) is 30.3 Å². The second-order valence-electron chi connectivity index (χ2n) is 5.14. The summed E-state index contributed by atoms with van der Waals surface area (Å²) in [6, 6.07) is 10.0. The van der Waals surface area contributed by atoms with Crippen LogP contribution in [0.15, 0.2) is 30.3 Å². The van der Waals surface area contributed by atoms with E-state index in [0.717, 1.165) is 41.6 Å². The van der Waals surface area contributed by atoms with E-state index >= 15 is 0 Å². The van der Waals surface area contributed by atoms with Crippen molar-refractivity contribution in [2.75, 3.05) is 37.5 Å². The van der Waals surface area contributed by atoms with Gasteiger partial charge >= 0.3 is 0 Å². The Morgan fingerprint density at radius 1 is 1.10 bits per heavy atom. The molecule has 0 radical (unpaired) electrons. The molecule has 1 aliphatic rings. The Bertz CT molecular complexity index is 606. The lowest BCUT2D eigenvalue weighted by molar-refractivity contribution is 0.416. The van der Waals surface area contributed by atoms with Gasteiger partial charge in [-0.3, -0.25) is 0 Å². The topological polar surface area (TPSA) is 50.3 Å². The fraction of sp³-hybridized carbons (Fsp3) is 0.375. The van der Waals surface area contributed by atoms with Crippen molar-refractivity contribution in [3.8, 4) is 17.0 Å². The van der Waals surface area contributed by atoms with E-state index in [1.54, 1.807) is 7.11 Å². The molecule has 1 fully saturated rings. The lowest BCUT2D eigenvalue weighted by Gasteiger charge is -2.15. The zero-order valence-electron chi connectivity index (χ0n) is 12.5. The SMILES string of the molecule is CNc1cc(-c2ccc(N3CCCC3)nn2)ccc1OC. The van der Waals surface area contributed by atoms with Crippen molar-refractivity contribution < 1.29 is 4.74 Å². The Labute approximate surface area is 125 Å². The van der Waals surface area contributed by atoms with Gasteiger partial charge in [0.05, 0.1) is 18.5 Å². The Morgan fingerprint density at radius 3 is 2.52 bits per heavy atom. The Balaban J connectivity index is 1.86. The normalized spacial score (nSPS) is 14.3. The first-order valence-corrected chi connectivity index (χ1v) is 7.26. The predicted molar refractivity (Wildman–Crippen MR) is 85.0 cm³/mol. The third kappa shape index (κ3) is 2.77. The van der Waals surface area contributed by atoms with Crippen molar-refractivity contribution in [2.24, 2.45) is 0 Å². The summed E-state index contributed by atoms with van der Waals surface area (Å²) in [5, 5.41) is 11.9. The number of hydrogen-bond donors (Lipinski definition) is 1. The smallest absolute Gasteiger partial charge is 0.151 e. The first-order valence-electron chi connectivity index (χ1n) is 7.26. The molecule has 0 bridgehead atoms. The van der Waals surface area contributed by atoms with Gasteiger partial charge < -0.3 is 15.0 Å². The summed E-state index contributed by atoms with van der Waals surface area (Å²) in [5.74, 6) is 1.79. The van der Waals surface area contributed by atoms with Crippen LogP contribution in [0.1, 0.15) is 12.8 Å². The predicted octanol–water partition coefficient (Wildman–Crippen LogP) is 2.79. The summed E-state index contributed by atoms with van der Waals surface area (Å²) in [5.41, 5.74) is 2.85. The third-order valence-corrected chi connectivity index (χ3v) is 3.85. The summed E-state index contributed by atoms with van der Waals surface area (Å²) in [6.45, 7) is 2.17. The molecule has 3 rings (SSSR count). The molecule has 0 aliphatic carbocycles. The van der Waals surface area contributed by atoms with Gasteiger partial charge in [0.15, 0.2) is 5.82 Å². The van der Waals surface area contributed by atoms with E-state index in [0.29, 0.717) is 0 Å². The number of aromatic nitrogens is 2. The van der Waals surface area contributed by atoms with Crippen LogP contribution in [-0.4, -0.2) is 37.4 Å². The largest absolute Gasteiger partial charge is 0.495 e. The second kappa shape index (κ2) is 5.99. The minimum absolute atomic E-state index is 0.822. The van der Waals surface area contributed by atoms with Crippen LogP contribution in [0.2, 0.25) is 0 Å². The van der Waals surface area contributed by atoms with Gasteiger partial charge in [-0.1, -0.05) is 0 Å². The first-order chi connectivity index (χ1) is 10.3. The van der Waals surface area contributed by atoms with Crippen molar-refractivity contribution in [2.45, 2.75) is 12.8 Å². The van der Waals surface area contributed by atoms with E-state index in [1.807, 2.05) is 31.3 Å². The molecule has 0 spiro atoms. The van der Waals surface area contributed by atoms with E-state index in [-0.39, 0.29) is 0 Å². The molecule has 1 aliphatic heterocycles. The highest BCUT2D eigenvalue weighted by atomic mass is 16.5. The molecule has 0 saturated carbocycles. The molecule has 0 amide bonds. The summed E-state index contributed by atoms with van der Waals surface area (Å²) < 4.78 is 5.31. The van der Waals surface area contributed by atoms with Gasteiger partial charge in [0.25, 0.3) is 0 Å². The van der Waals surface area contributed by atoms with Crippen LogP contribution >= 0.6 is 0 Å². The van der Waals surface area contributed by atoms with E-state index in [2.05, 4.69) is 26.5 Å². The zero-order chi connectivity index (χ0) is 14.7. The summed E-state index contributed by atoms with van der Waals surface area (Å²) in [7, 11) is 3.55. The molecular formula is C16H20N4O. The summed E-state index contributed by atoms with van der Waals surface area (Å²) in [4.78, 5) is 2.28. The van der Waals surface area contributed by atoms with E-state index in [9.17, 15) is 0 Å². The monoisotopic (exact) mass is 284 g/mol. The van der Waals surface area contributed by atoms with Gasteiger partial charge in [0.1, 0.15) is 5.75 Å². The fourth-order valence-electron chi connectivity index (χ4n) is 2.66. The highest BCUT2D eigenvalue weighted by Gasteiger charge is 2.14. The molecule has 0 atom stereocenters. The number of benzene rings is 1. The third-order valence-electron chi connectivity index (χ3n) is 3.85. The molecule has 1 saturated heterocycles. The number of methoxy groups -OCH3 is 1. The maximum atomic E-state index is 5.31. The average Bonchev–Trinajstić information content (AvgIpc) is 3.09. The molecule has 1 N–H and O–H groups in total. The van der Waals surface area contributed by atoms with Gasteiger partial charge in [0, 0.05) is 25.7 Å². The number of hydrogen-bond acceptors (Lipinski definition) is 5. The van der Waals surface area contributed by atoms with Crippen LogP contribution in [0.25, 0.3) is 11.3 Å². The fourth-order valence-corrected chi connectivity index (χ4v) is 2.66. The lowest BCUT2D eigenvalue weighted by atomic mass is 10.1. The van der Waals surface area contributed by atoms with Crippen LogP contribution in [0.5, 0.6) is 5.75 Å². The molecule has 1 aromatic carbocycles. The average molecular weight is 284 g/mol. The van der Waals surface area contributed by atoms with Crippen LogP contribution in [0.4, 0.5) is 11.5 Å². The van der Waals surface area contributed by atoms with Crippen LogP contribution in [0.3, 0.4) is 0 Å². The van der Waals surface area contributed by atoms with Gasteiger partial charge in [-0.2, -0.15) is 0 Å². The number of nitrogens with zero attached hydrogens (tertiary/aromatic N) is 3. The Hall–Kier alpha value is -2.30. The number of anilines is 2. The first kappa shape index (κ1) is 13.7. The van der Waals surface area contributed by atoms with Crippen molar-refractivity contribution in [1.82, 2.24) is 10.2 Å². The number of ether oxygens (including phenoxy) is 1. The van der Waals surface area contributed by atoms with Crippen molar-refractivity contribution in [3.63, 3.8) is 0 Å². The van der Waals surface area contributed by atoms with Crippen LogP contribution in [-0.2, 0) is 0 Å². The minimum atomic E-state index is 0.822. The van der Waals surface area contributed by atoms with Crippen LogP contribution in [0, 0.1) is 0 Å². The molecule has 5 heteroatoms. The highest BCUT2D eigenvalue weighted by molar-refractivity contribution is 5.69. The molecular weight excluding hydrogens is 264 g/mol. The molecule has 21 heavy (non-hydrogen) atoms. The van der Waals surface area contributed by atoms with E-state index < -0.39 is 0 Å². The van der Waals surface area contributed by atoms with Gasteiger partial charge in [-0.25, -0.2) is 0 Å². The molecule has 2 heterocycles. The quantitative estimate of drug-likeness (QED) is 0.935. The van der Waals surface area contributed by atoms with Crippen LogP contribution < -0.4 is 15.0 Å². The van der Waals surface area contributed by atoms with E-state index in [4.69, 9.17) is 4.74 Å². The Morgan fingerprint density at radius 2 is 1.90 bits per heavy atom. The molecule has 2 aromatic rings. The number of nitrogens with one attached hydrogen (secondary N) is 1.